The van der Waals surface area contributed by atoms with Crippen LogP contribution in [0, 0.1) is 0 Å². The summed E-state index contributed by atoms with van der Waals surface area (Å²) in [6.07, 6.45) is 1.15. The van der Waals surface area contributed by atoms with Gasteiger partial charge in [-0.3, -0.25) is 14.9 Å². The molecular formula is C25H36ClN7O3. The van der Waals surface area contributed by atoms with Gasteiger partial charge >= 0.3 is 0 Å². The Bertz CT molecular complexity index is 1150. The maximum Gasteiger partial charge on any atom is 0.158 e. The lowest BCUT2D eigenvalue weighted by atomic mass is 10.1. The number of aliphatic hydroxyl groups is 2. The first kappa shape index (κ1) is 26.6. The molecule has 0 aliphatic carbocycles. The number of aromatic amines is 1. The SMILES string of the molecule is CCCc1[nH]nc2c(NCc3ccc(OC)c(Cl)c3)nc(C(C)N3CCN(CC(O)CO)CC3)nc12. The molecule has 11 heteroatoms. The van der Waals surface area contributed by atoms with E-state index in [1.54, 1.807) is 7.11 Å². The predicted octanol–water partition coefficient (Wildman–Crippen LogP) is 2.61. The smallest absolute Gasteiger partial charge is 0.158 e. The first-order chi connectivity index (χ1) is 17.4. The van der Waals surface area contributed by atoms with E-state index in [9.17, 15) is 5.11 Å². The fourth-order valence-corrected chi connectivity index (χ4v) is 4.84. The number of methoxy groups -OCH3 is 1. The number of halogens is 1. The molecule has 10 nitrogen and oxygen atoms in total. The zero-order valence-corrected chi connectivity index (χ0v) is 21.9. The Hall–Kier alpha value is -2.50. The van der Waals surface area contributed by atoms with Crippen molar-refractivity contribution in [2.24, 2.45) is 0 Å². The Morgan fingerprint density at radius 3 is 2.64 bits per heavy atom. The minimum atomic E-state index is -0.702. The fraction of sp³-hybridized carbons (Fsp3) is 0.560. The zero-order valence-electron chi connectivity index (χ0n) is 21.2. The molecular weight excluding hydrogens is 482 g/mol. The number of aromatic nitrogens is 4. The highest BCUT2D eigenvalue weighted by Crippen LogP contribution is 2.28. The molecule has 4 N–H and O–H groups in total. The second-order valence-corrected chi connectivity index (χ2v) is 9.66. The van der Waals surface area contributed by atoms with Gasteiger partial charge in [0, 0.05) is 39.3 Å². The summed E-state index contributed by atoms with van der Waals surface area (Å²) in [6.45, 7) is 8.38. The highest BCUT2D eigenvalue weighted by Gasteiger charge is 2.26. The van der Waals surface area contributed by atoms with E-state index in [2.05, 4.69) is 39.2 Å². The lowest BCUT2D eigenvalue weighted by Gasteiger charge is -2.38. The molecule has 2 unspecified atom stereocenters. The summed E-state index contributed by atoms with van der Waals surface area (Å²) in [7, 11) is 1.60. The number of piperazine rings is 1. The fourth-order valence-electron chi connectivity index (χ4n) is 4.56. The van der Waals surface area contributed by atoms with E-state index in [4.69, 9.17) is 31.4 Å². The number of β-amino-alcohol motifs (C(OH)–C–C–N with tert-alkyl or cyclic N) is 1. The summed E-state index contributed by atoms with van der Waals surface area (Å²) >= 11 is 6.31. The Labute approximate surface area is 216 Å². The highest BCUT2D eigenvalue weighted by atomic mass is 35.5. The number of fused-ring (bicyclic) bond motifs is 1. The van der Waals surface area contributed by atoms with Crippen LogP contribution in [-0.4, -0.2) is 92.7 Å². The Morgan fingerprint density at radius 2 is 1.97 bits per heavy atom. The van der Waals surface area contributed by atoms with Crippen LogP contribution in [0.2, 0.25) is 5.02 Å². The van der Waals surface area contributed by atoms with E-state index in [0.29, 0.717) is 29.7 Å². The number of H-pyrrole nitrogens is 1. The van der Waals surface area contributed by atoms with Crippen molar-refractivity contribution in [3.63, 3.8) is 0 Å². The molecule has 0 amide bonds. The van der Waals surface area contributed by atoms with E-state index >= 15 is 0 Å². The van der Waals surface area contributed by atoms with Crippen LogP contribution in [0.15, 0.2) is 18.2 Å². The van der Waals surface area contributed by atoms with Gasteiger partial charge in [0.15, 0.2) is 11.3 Å². The Balaban J connectivity index is 1.55. The van der Waals surface area contributed by atoms with Crippen LogP contribution in [0.1, 0.15) is 43.4 Å². The monoisotopic (exact) mass is 517 g/mol. The molecule has 2 atom stereocenters. The molecule has 1 aliphatic heterocycles. The van der Waals surface area contributed by atoms with Crippen molar-refractivity contribution < 1.29 is 14.9 Å². The summed E-state index contributed by atoms with van der Waals surface area (Å²) in [4.78, 5) is 14.4. The van der Waals surface area contributed by atoms with E-state index in [1.807, 2.05) is 18.2 Å². The van der Waals surface area contributed by atoms with E-state index in [-0.39, 0.29) is 12.6 Å². The number of hydrogen-bond donors (Lipinski definition) is 4. The quantitative estimate of drug-likeness (QED) is 0.304. The molecule has 1 aromatic carbocycles. The third-order valence-corrected chi connectivity index (χ3v) is 6.97. The lowest BCUT2D eigenvalue weighted by molar-refractivity contribution is 0.0318. The second kappa shape index (κ2) is 12.2. The number of hydrogen-bond acceptors (Lipinski definition) is 9. The third-order valence-electron chi connectivity index (χ3n) is 6.67. The van der Waals surface area contributed by atoms with Crippen LogP contribution in [0.4, 0.5) is 5.82 Å². The molecule has 0 saturated carbocycles. The molecule has 0 spiro atoms. The molecule has 2 aromatic heterocycles. The molecule has 3 aromatic rings. The summed E-state index contributed by atoms with van der Waals surface area (Å²) in [5, 5.41) is 30.6. The topological polar surface area (TPSA) is 123 Å². The minimum Gasteiger partial charge on any atom is -0.495 e. The number of nitrogens with zero attached hydrogens (tertiary/aromatic N) is 5. The van der Waals surface area contributed by atoms with Gasteiger partial charge in [-0.05, 0) is 31.0 Å². The first-order valence-corrected chi connectivity index (χ1v) is 12.9. The van der Waals surface area contributed by atoms with E-state index in [0.717, 1.165) is 67.1 Å². The normalized spacial score (nSPS) is 16.8. The van der Waals surface area contributed by atoms with Crippen LogP contribution < -0.4 is 10.1 Å². The van der Waals surface area contributed by atoms with E-state index in [1.165, 1.54) is 0 Å². The summed E-state index contributed by atoms with van der Waals surface area (Å²) in [6, 6.07) is 5.73. The first-order valence-electron chi connectivity index (χ1n) is 12.5. The molecule has 0 radical (unpaired) electrons. The maximum absolute atomic E-state index is 9.76. The van der Waals surface area contributed by atoms with Gasteiger partial charge in [0.1, 0.15) is 17.1 Å². The van der Waals surface area contributed by atoms with Crippen molar-refractivity contribution in [3.05, 3.63) is 40.3 Å². The summed E-state index contributed by atoms with van der Waals surface area (Å²) < 4.78 is 5.26. The molecule has 1 fully saturated rings. The maximum atomic E-state index is 9.76. The van der Waals surface area contributed by atoms with Crippen LogP contribution in [0.5, 0.6) is 5.75 Å². The molecule has 196 valence electrons. The van der Waals surface area contributed by atoms with Gasteiger partial charge in [-0.2, -0.15) is 5.10 Å². The molecule has 0 bridgehead atoms. The van der Waals surface area contributed by atoms with Crippen molar-refractivity contribution in [3.8, 4) is 5.75 Å². The highest BCUT2D eigenvalue weighted by molar-refractivity contribution is 6.32. The van der Waals surface area contributed by atoms with Crippen molar-refractivity contribution in [2.45, 2.75) is 45.4 Å². The zero-order chi connectivity index (χ0) is 25.7. The van der Waals surface area contributed by atoms with Crippen molar-refractivity contribution in [2.75, 3.05) is 51.8 Å². The van der Waals surface area contributed by atoms with Crippen LogP contribution in [0.3, 0.4) is 0 Å². The van der Waals surface area contributed by atoms with Gasteiger partial charge in [-0.15, -0.1) is 0 Å². The summed E-state index contributed by atoms with van der Waals surface area (Å²) in [5.74, 6) is 2.08. The lowest BCUT2D eigenvalue weighted by Crippen LogP contribution is -2.49. The number of benzene rings is 1. The van der Waals surface area contributed by atoms with Gasteiger partial charge in [0.25, 0.3) is 0 Å². The van der Waals surface area contributed by atoms with Gasteiger partial charge in [-0.1, -0.05) is 31.0 Å². The third kappa shape index (κ3) is 6.07. The van der Waals surface area contributed by atoms with Gasteiger partial charge in [0.2, 0.25) is 0 Å². The Kier molecular flexibility index (Phi) is 8.97. The number of rotatable bonds is 11. The number of anilines is 1. The van der Waals surface area contributed by atoms with Crippen LogP contribution in [0.25, 0.3) is 11.0 Å². The number of nitrogens with one attached hydrogen (secondary N) is 2. The minimum absolute atomic E-state index is 0.0136. The van der Waals surface area contributed by atoms with Crippen LogP contribution in [-0.2, 0) is 13.0 Å². The van der Waals surface area contributed by atoms with Gasteiger partial charge in [0.05, 0.1) is 36.6 Å². The van der Waals surface area contributed by atoms with Crippen molar-refractivity contribution >= 4 is 28.5 Å². The van der Waals surface area contributed by atoms with Crippen molar-refractivity contribution in [1.82, 2.24) is 30.0 Å². The van der Waals surface area contributed by atoms with E-state index < -0.39 is 6.10 Å². The molecule has 4 rings (SSSR count). The average molecular weight is 518 g/mol. The largest absolute Gasteiger partial charge is 0.495 e. The molecule has 1 saturated heterocycles. The van der Waals surface area contributed by atoms with Gasteiger partial charge in [-0.25, -0.2) is 9.97 Å². The van der Waals surface area contributed by atoms with Crippen molar-refractivity contribution in [1.29, 1.82) is 0 Å². The number of aliphatic hydroxyl groups excluding tert-OH is 2. The standard InChI is InChI=1S/C25H36ClN7O3/c1-4-5-20-22-23(31-30-20)25(27-13-17-6-7-21(36-3)19(26)12-17)29-24(28-22)16(2)33-10-8-32(9-11-33)14-18(35)15-34/h6-7,12,16,18,34-35H,4-5,8-11,13-15H2,1-3H3,(H,30,31)(H,27,28,29). The molecule has 36 heavy (non-hydrogen) atoms. The number of aryl methyl sites for hydroxylation is 1. The molecule has 3 heterocycles. The summed E-state index contributed by atoms with van der Waals surface area (Å²) in [5.41, 5.74) is 3.61. The average Bonchev–Trinajstić information content (AvgIpc) is 3.30. The second-order valence-electron chi connectivity index (χ2n) is 9.25. The molecule has 1 aliphatic rings. The van der Waals surface area contributed by atoms with Crippen LogP contribution >= 0.6 is 11.6 Å². The number of ether oxygens (including phenoxy) is 1. The predicted molar refractivity (Wildman–Crippen MR) is 141 cm³/mol. The Morgan fingerprint density at radius 1 is 1.19 bits per heavy atom. The van der Waals surface area contributed by atoms with Gasteiger partial charge < -0.3 is 20.3 Å².